The van der Waals surface area contributed by atoms with Gasteiger partial charge in [0, 0.05) is 11.3 Å². The van der Waals surface area contributed by atoms with E-state index in [4.69, 9.17) is 0 Å². The van der Waals surface area contributed by atoms with Crippen molar-refractivity contribution < 1.29 is 19.5 Å². The van der Waals surface area contributed by atoms with Crippen molar-refractivity contribution in [2.75, 3.05) is 5.75 Å². The number of nitrogens with one attached hydrogen (secondary N) is 1. The van der Waals surface area contributed by atoms with Crippen molar-refractivity contribution in [3.05, 3.63) is 71.3 Å². The van der Waals surface area contributed by atoms with E-state index in [0.29, 0.717) is 11.3 Å². The van der Waals surface area contributed by atoms with E-state index < -0.39 is 24.0 Å². The smallest absolute Gasteiger partial charge is 0.256 e. The number of fused-ring (bicyclic) bond motifs is 3. The van der Waals surface area contributed by atoms with Crippen LogP contribution in [-0.4, -0.2) is 40.5 Å². The number of thioether (sulfide) groups is 1. The standard InChI is InChI=1S/C20H18N2O4S/c23-17(21-15(20(25)26)10-12-6-2-1-3-7-12)16-11-27-19-14-9-5-4-8-13(14)18(24)22(16)19/h1-9,15-16,19H,10-11H2,(H,21,23)(H,25,26)/p-1/t15-,16+,19-/m1/s1. The number of benzene rings is 2. The Bertz CT molecular complexity index is 902. The van der Waals surface area contributed by atoms with Gasteiger partial charge in [-0.15, -0.1) is 11.8 Å². The maximum absolute atomic E-state index is 12.8. The first-order chi connectivity index (χ1) is 13.1. The fourth-order valence-electron chi connectivity index (χ4n) is 3.55. The summed E-state index contributed by atoms with van der Waals surface area (Å²) in [4.78, 5) is 38.6. The molecule has 4 rings (SSSR count). The zero-order chi connectivity index (χ0) is 19.0. The Balaban J connectivity index is 1.50. The lowest BCUT2D eigenvalue weighted by Crippen LogP contribution is -2.54. The molecule has 2 amide bonds. The van der Waals surface area contributed by atoms with Crippen molar-refractivity contribution in [1.29, 1.82) is 0 Å². The van der Waals surface area contributed by atoms with E-state index in [0.717, 1.165) is 11.1 Å². The highest BCUT2D eigenvalue weighted by atomic mass is 32.2. The molecule has 0 spiro atoms. The number of nitrogens with zero attached hydrogens (tertiary/aromatic N) is 1. The van der Waals surface area contributed by atoms with Crippen LogP contribution in [0.5, 0.6) is 0 Å². The van der Waals surface area contributed by atoms with Gasteiger partial charge in [-0.25, -0.2) is 0 Å². The number of carbonyl (C=O) groups excluding carboxylic acids is 3. The van der Waals surface area contributed by atoms with Gasteiger partial charge in [-0.05, 0) is 23.6 Å². The van der Waals surface area contributed by atoms with E-state index in [1.165, 1.54) is 11.8 Å². The van der Waals surface area contributed by atoms with Crippen molar-refractivity contribution in [1.82, 2.24) is 10.2 Å². The summed E-state index contributed by atoms with van der Waals surface area (Å²) in [6.07, 6.45) is 0.131. The number of rotatable bonds is 5. The van der Waals surface area contributed by atoms with E-state index in [-0.39, 0.29) is 17.7 Å². The van der Waals surface area contributed by atoms with Crippen LogP contribution in [0, 0.1) is 0 Å². The zero-order valence-electron chi connectivity index (χ0n) is 14.3. The monoisotopic (exact) mass is 381 g/mol. The Hall–Kier alpha value is -2.80. The summed E-state index contributed by atoms with van der Waals surface area (Å²) in [5.74, 6) is -1.56. The molecular formula is C20H17N2O4S-. The molecule has 1 fully saturated rings. The second-order valence-corrected chi connectivity index (χ2v) is 7.68. The minimum Gasteiger partial charge on any atom is -0.548 e. The number of carboxylic acids is 1. The lowest BCUT2D eigenvalue weighted by atomic mass is 10.1. The van der Waals surface area contributed by atoms with Crippen LogP contribution < -0.4 is 10.4 Å². The van der Waals surface area contributed by atoms with Crippen LogP contribution in [0.25, 0.3) is 0 Å². The lowest BCUT2D eigenvalue weighted by molar-refractivity contribution is -0.308. The molecule has 138 valence electrons. The van der Waals surface area contributed by atoms with E-state index in [2.05, 4.69) is 5.32 Å². The molecule has 3 atom stereocenters. The molecule has 0 aliphatic carbocycles. The van der Waals surface area contributed by atoms with Gasteiger partial charge in [0.1, 0.15) is 11.4 Å². The molecule has 0 aromatic heterocycles. The second kappa shape index (κ2) is 7.08. The van der Waals surface area contributed by atoms with Crippen molar-refractivity contribution in [3.8, 4) is 0 Å². The number of carboxylic acid groups (broad SMARTS) is 1. The van der Waals surface area contributed by atoms with Crippen molar-refractivity contribution in [2.24, 2.45) is 0 Å². The van der Waals surface area contributed by atoms with E-state index in [1.807, 2.05) is 30.3 Å². The third-order valence-electron chi connectivity index (χ3n) is 4.88. The molecule has 1 saturated heterocycles. The van der Waals surface area contributed by atoms with Crippen LogP contribution in [0.15, 0.2) is 54.6 Å². The minimum absolute atomic E-state index is 0.131. The highest BCUT2D eigenvalue weighted by molar-refractivity contribution is 7.99. The molecule has 0 saturated carbocycles. The van der Waals surface area contributed by atoms with E-state index >= 15 is 0 Å². The van der Waals surface area contributed by atoms with Crippen molar-refractivity contribution in [3.63, 3.8) is 0 Å². The summed E-state index contributed by atoms with van der Waals surface area (Å²) in [5, 5.41) is 13.9. The van der Waals surface area contributed by atoms with Gasteiger partial charge in [-0.1, -0.05) is 48.5 Å². The summed E-state index contributed by atoms with van der Waals surface area (Å²) >= 11 is 1.52. The number of aliphatic carboxylic acids is 1. The van der Waals surface area contributed by atoms with Gasteiger partial charge in [0.15, 0.2) is 0 Å². The van der Waals surface area contributed by atoms with Crippen molar-refractivity contribution >= 4 is 29.5 Å². The van der Waals surface area contributed by atoms with E-state index in [1.54, 1.807) is 29.2 Å². The topological polar surface area (TPSA) is 89.5 Å². The summed E-state index contributed by atoms with van der Waals surface area (Å²) in [7, 11) is 0. The van der Waals surface area contributed by atoms with Crippen LogP contribution >= 0.6 is 11.8 Å². The largest absolute Gasteiger partial charge is 0.548 e. The Morgan fingerprint density at radius 3 is 2.59 bits per heavy atom. The van der Waals surface area contributed by atoms with Gasteiger partial charge in [0.25, 0.3) is 5.91 Å². The second-order valence-electron chi connectivity index (χ2n) is 6.57. The normalized spacial score (nSPS) is 21.5. The molecule has 27 heavy (non-hydrogen) atoms. The average molecular weight is 381 g/mol. The minimum atomic E-state index is -1.34. The predicted octanol–water partition coefficient (Wildman–Crippen LogP) is 0.734. The summed E-state index contributed by atoms with van der Waals surface area (Å²) in [5.41, 5.74) is 2.30. The average Bonchev–Trinajstić information content (AvgIpc) is 3.23. The van der Waals surface area contributed by atoms with Gasteiger partial charge in [-0.3, -0.25) is 9.59 Å². The van der Waals surface area contributed by atoms with Crippen LogP contribution in [0.1, 0.15) is 26.9 Å². The quantitative estimate of drug-likeness (QED) is 0.825. The molecule has 2 aromatic rings. The summed E-state index contributed by atoms with van der Waals surface area (Å²) in [6.45, 7) is 0. The van der Waals surface area contributed by atoms with Crippen molar-refractivity contribution in [2.45, 2.75) is 23.9 Å². The molecule has 1 N–H and O–H groups in total. The molecule has 7 heteroatoms. The van der Waals surface area contributed by atoms with Crippen LogP contribution in [0.3, 0.4) is 0 Å². The molecule has 2 aliphatic rings. The Kier molecular flexibility index (Phi) is 4.61. The molecule has 0 radical (unpaired) electrons. The Morgan fingerprint density at radius 2 is 1.85 bits per heavy atom. The van der Waals surface area contributed by atoms with Gasteiger partial charge in [0.2, 0.25) is 5.91 Å². The Morgan fingerprint density at radius 1 is 1.15 bits per heavy atom. The third-order valence-corrected chi connectivity index (χ3v) is 6.18. The van der Waals surface area contributed by atoms with Crippen LogP contribution in [-0.2, 0) is 16.0 Å². The maximum atomic E-state index is 12.8. The van der Waals surface area contributed by atoms with Gasteiger partial charge in [0.05, 0.1) is 12.0 Å². The van der Waals surface area contributed by atoms with Gasteiger partial charge < -0.3 is 20.1 Å². The molecule has 2 aromatic carbocycles. The van der Waals surface area contributed by atoms with Gasteiger partial charge >= 0.3 is 0 Å². The molecule has 2 aliphatic heterocycles. The number of hydrogen-bond donors (Lipinski definition) is 1. The van der Waals surface area contributed by atoms with Crippen LogP contribution in [0.4, 0.5) is 0 Å². The highest BCUT2D eigenvalue weighted by Gasteiger charge is 2.48. The first kappa shape index (κ1) is 17.6. The fraction of sp³-hybridized carbons (Fsp3) is 0.250. The Labute approximate surface area is 160 Å². The fourth-order valence-corrected chi connectivity index (χ4v) is 5.02. The maximum Gasteiger partial charge on any atom is 0.256 e. The van der Waals surface area contributed by atoms with E-state index in [9.17, 15) is 19.5 Å². The summed E-state index contributed by atoms with van der Waals surface area (Å²) in [6, 6.07) is 14.5. The predicted molar refractivity (Wildman–Crippen MR) is 98.7 cm³/mol. The first-order valence-corrected chi connectivity index (χ1v) is 9.69. The zero-order valence-corrected chi connectivity index (χ0v) is 15.1. The van der Waals surface area contributed by atoms with Gasteiger partial charge in [-0.2, -0.15) is 0 Å². The highest BCUT2D eigenvalue weighted by Crippen LogP contribution is 2.48. The SMILES string of the molecule is O=C([O-])[C@@H](Cc1ccccc1)NC(=O)[C@@H]1CS[C@@H]2c3ccccc3C(=O)N21. The molecular weight excluding hydrogens is 364 g/mol. The third kappa shape index (κ3) is 3.19. The first-order valence-electron chi connectivity index (χ1n) is 8.64. The number of amides is 2. The lowest BCUT2D eigenvalue weighted by Gasteiger charge is -2.26. The molecule has 0 bridgehead atoms. The van der Waals surface area contributed by atoms with Crippen LogP contribution in [0.2, 0.25) is 0 Å². The molecule has 2 heterocycles. The summed E-state index contributed by atoms with van der Waals surface area (Å²) < 4.78 is 0. The number of carbonyl (C=O) groups is 3. The molecule has 6 nitrogen and oxygen atoms in total. The molecule has 0 unspecified atom stereocenters. The number of hydrogen-bond acceptors (Lipinski definition) is 5.